The standard InChI is InChI=1S/C26H25ClN6O3/c1-36-14-24-23(13-35)32(11-16-2-5-20-22(8-16)29-15-30-25(20)28)6-7-33(24)26-21-10-18(27)4-3-17(21)9-19(12-34)31-26/h2-5,8-10,12-13,15,23-24H,6-7,11,14H2,1H3,(H2,28,29,30)/t23?,24-/m1/s1. The molecule has 184 valence electrons. The van der Waals surface area contributed by atoms with Crippen LogP contribution in [0.5, 0.6) is 0 Å². The second-order valence-corrected chi connectivity index (χ2v) is 9.21. The quantitative estimate of drug-likeness (QED) is 0.379. The highest BCUT2D eigenvalue weighted by molar-refractivity contribution is 6.31. The second kappa shape index (κ2) is 10.1. The van der Waals surface area contributed by atoms with Crippen molar-refractivity contribution in [3.05, 3.63) is 65.1 Å². The van der Waals surface area contributed by atoms with Crippen molar-refractivity contribution in [2.24, 2.45) is 0 Å². The maximum atomic E-state index is 12.5. The zero-order valence-electron chi connectivity index (χ0n) is 19.7. The summed E-state index contributed by atoms with van der Waals surface area (Å²) in [7, 11) is 1.61. The zero-order chi connectivity index (χ0) is 25.2. The first kappa shape index (κ1) is 24.1. The fourth-order valence-corrected chi connectivity index (χ4v) is 5.09. The van der Waals surface area contributed by atoms with E-state index in [2.05, 4.69) is 24.8 Å². The van der Waals surface area contributed by atoms with Crippen LogP contribution in [-0.4, -0.2) is 71.3 Å². The Labute approximate surface area is 212 Å². The predicted molar refractivity (Wildman–Crippen MR) is 139 cm³/mol. The molecule has 0 saturated carbocycles. The first-order valence-electron chi connectivity index (χ1n) is 11.5. The van der Waals surface area contributed by atoms with Crippen LogP contribution in [0.25, 0.3) is 21.7 Å². The molecule has 0 aliphatic carbocycles. The largest absolute Gasteiger partial charge is 0.383 e. The lowest BCUT2D eigenvalue weighted by Gasteiger charge is -2.46. The van der Waals surface area contributed by atoms with Crippen molar-refractivity contribution < 1.29 is 14.3 Å². The molecular weight excluding hydrogens is 480 g/mol. The number of benzene rings is 2. The molecular formula is C26H25ClN6O3. The molecule has 1 unspecified atom stereocenters. The molecule has 4 aromatic rings. The third kappa shape index (κ3) is 4.48. The van der Waals surface area contributed by atoms with Gasteiger partial charge in [0.05, 0.1) is 24.2 Å². The summed E-state index contributed by atoms with van der Waals surface area (Å²) in [6.45, 7) is 2.03. The van der Waals surface area contributed by atoms with Crippen molar-refractivity contribution in [3.63, 3.8) is 0 Å². The second-order valence-electron chi connectivity index (χ2n) is 8.78. The Kier molecular flexibility index (Phi) is 6.77. The van der Waals surface area contributed by atoms with E-state index in [1.54, 1.807) is 19.2 Å². The number of nitrogens with zero attached hydrogens (tertiary/aromatic N) is 5. The van der Waals surface area contributed by atoms with Crippen molar-refractivity contribution in [2.45, 2.75) is 18.6 Å². The van der Waals surface area contributed by atoms with Gasteiger partial charge in [0, 0.05) is 42.5 Å². The maximum Gasteiger partial charge on any atom is 0.168 e. The number of nitrogens with two attached hydrogens (primary N) is 1. The Balaban J connectivity index is 1.50. The molecule has 3 heterocycles. The molecule has 2 N–H and O–H groups in total. The first-order valence-corrected chi connectivity index (χ1v) is 11.9. The van der Waals surface area contributed by atoms with Gasteiger partial charge >= 0.3 is 0 Å². The van der Waals surface area contributed by atoms with Gasteiger partial charge in [0.15, 0.2) is 6.29 Å². The van der Waals surface area contributed by atoms with Gasteiger partial charge in [0.25, 0.3) is 0 Å². The number of methoxy groups -OCH3 is 1. The van der Waals surface area contributed by atoms with Gasteiger partial charge in [0.1, 0.15) is 29.9 Å². The van der Waals surface area contributed by atoms with Crippen LogP contribution in [0.1, 0.15) is 16.1 Å². The summed E-state index contributed by atoms with van der Waals surface area (Å²) in [5.41, 5.74) is 8.05. The molecule has 2 aromatic carbocycles. The van der Waals surface area contributed by atoms with E-state index in [1.807, 2.05) is 30.3 Å². The third-order valence-electron chi connectivity index (χ3n) is 6.63. The Morgan fingerprint density at radius 3 is 2.75 bits per heavy atom. The summed E-state index contributed by atoms with van der Waals surface area (Å²) >= 11 is 6.30. The smallest absolute Gasteiger partial charge is 0.168 e. The highest BCUT2D eigenvalue weighted by Crippen LogP contribution is 2.32. The van der Waals surface area contributed by atoms with Gasteiger partial charge < -0.3 is 20.2 Å². The summed E-state index contributed by atoms with van der Waals surface area (Å²) in [5.74, 6) is 1.05. The molecule has 1 aliphatic heterocycles. The van der Waals surface area contributed by atoms with E-state index in [0.717, 1.165) is 39.8 Å². The minimum atomic E-state index is -0.471. The number of hydrogen-bond acceptors (Lipinski definition) is 9. The number of rotatable bonds is 7. The van der Waals surface area contributed by atoms with Gasteiger partial charge in [-0.1, -0.05) is 23.7 Å². The van der Waals surface area contributed by atoms with E-state index in [1.165, 1.54) is 6.33 Å². The molecule has 2 atom stereocenters. The Morgan fingerprint density at radius 1 is 1.11 bits per heavy atom. The van der Waals surface area contributed by atoms with Crippen LogP contribution >= 0.6 is 11.6 Å². The van der Waals surface area contributed by atoms with E-state index in [0.29, 0.717) is 48.6 Å². The Bertz CT molecular complexity index is 1450. The molecule has 1 fully saturated rings. The lowest BCUT2D eigenvalue weighted by Crippen LogP contribution is -2.62. The molecule has 0 bridgehead atoms. The van der Waals surface area contributed by atoms with Crippen molar-refractivity contribution in [3.8, 4) is 0 Å². The van der Waals surface area contributed by atoms with Crippen molar-refractivity contribution >= 4 is 57.5 Å². The number of ether oxygens (including phenoxy) is 1. The van der Waals surface area contributed by atoms with Crippen LogP contribution in [-0.2, 0) is 16.1 Å². The van der Waals surface area contributed by atoms with Gasteiger partial charge in [-0.15, -0.1) is 0 Å². The number of pyridine rings is 1. The fraction of sp³-hybridized carbons (Fsp3) is 0.269. The molecule has 36 heavy (non-hydrogen) atoms. The number of carbonyl (C=O) groups is 2. The van der Waals surface area contributed by atoms with Crippen molar-refractivity contribution in [1.29, 1.82) is 0 Å². The van der Waals surface area contributed by atoms with E-state index >= 15 is 0 Å². The van der Waals surface area contributed by atoms with Crippen molar-refractivity contribution in [2.75, 3.05) is 37.4 Å². The number of carbonyl (C=O) groups excluding carboxylic acids is 2. The number of halogens is 1. The number of anilines is 2. The van der Waals surface area contributed by atoms with Crippen LogP contribution < -0.4 is 10.6 Å². The summed E-state index contributed by atoms with van der Waals surface area (Å²) in [4.78, 5) is 41.3. The van der Waals surface area contributed by atoms with Crippen LogP contribution in [0.15, 0.2) is 48.8 Å². The predicted octanol–water partition coefficient (Wildman–Crippen LogP) is 3.13. The summed E-state index contributed by atoms with van der Waals surface area (Å²) in [6.07, 6.45) is 3.13. The molecule has 0 amide bonds. The SMILES string of the molecule is COC[C@@H]1C(C=O)N(Cc2ccc3c(N)ncnc3c2)CCN1c1nc(C=O)cc2ccc(Cl)cc12. The average Bonchev–Trinajstić information content (AvgIpc) is 2.89. The number of piperazine rings is 1. The van der Waals surface area contributed by atoms with Gasteiger partial charge in [-0.25, -0.2) is 15.0 Å². The molecule has 0 radical (unpaired) electrons. The number of aldehydes is 2. The van der Waals surface area contributed by atoms with Gasteiger partial charge in [0.2, 0.25) is 0 Å². The topological polar surface area (TPSA) is 115 Å². The van der Waals surface area contributed by atoms with Crippen LogP contribution in [0.3, 0.4) is 0 Å². The summed E-state index contributed by atoms with van der Waals surface area (Å²) < 4.78 is 5.55. The third-order valence-corrected chi connectivity index (χ3v) is 6.86. The highest BCUT2D eigenvalue weighted by Gasteiger charge is 2.38. The van der Waals surface area contributed by atoms with Gasteiger partial charge in [-0.2, -0.15) is 0 Å². The Morgan fingerprint density at radius 2 is 1.97 bits per heavy atom. The Hall–Kier alpha value is -3.66. The molecule has 5 rings (SSSR count). The normalized spacial score (nSPS) is 18.6. The molecule has 10 heteroatoms. The molecule has 9 nitrogen and oxygen atoms in total. The monoisotopic (exact) mass is 504 g/mol. The summed E-state index contributed by atoms with van der Waals surface area (Å²) in [6, 6.07) is 12.3. The maximum absolute atomic E-state index is 12.5. The van der Waals surface area contributed by atoms with Crippen molar-refractivity contribution in [1.82, 2.24) is 19.9 Å². The van der Waals surface area contributed by atoms with Gasteiger partial charge in [-0.05, 0) is 41.3 Å². The average molecular weight is 505 g/mol. The zero-order valence-corrected chi connectivity index (χ0v) is 20.4. The van der Waals surface area contributed by atoms with E-state index < -0.39 is 6.04 Å². The van der Waals surface area contributed by atoms with E-state index in [4.69, 9.17) is 22.1 Å². The molecule has 1 saturated heterocycles. The molecule has 2 aromatic heterocycles. The first-order chi connectivity index (χ1) is 17.5. The highest BCUT2D eigenvalue weighted by atomic mass is 35.5. The lowest BCUT2D eigenvalue weighted by molar-refractivity contribution is -0.114. The van der Waals surface area contributed by atoms with E-state index in [-0.39, 0.29) is 6.04 Å². The number of aromatic nitrogens is 3. The number of fused-ring (bicyclic) bond motifs is 2. The molecule has 1 aliphatic rings. The molecule has 0 spiro atoms. The lowest BCUT2D eigenvalue weighted by atomic mass is 10.00. The van der Waals surface area contributed by atoms with Gasteiger partial charge in [-0.3, -0.25) is 9.69 Å². The fourth-order valence-electron chi connectivity index (χ4n) is 4.92. The number of hydrogen-bond donors (Lipinski definition) is 1. The van der Waals surface area contributed by atoms with Crippen LogP contribution in [0, 0.1) is 0 Å². The summed E-state index contributed by atoms with van der Waals surface area (Å²) in [5, 5.41) is 3.03. The van der Waals surface area contributed by atoms with Crippen LogP contribution in [0.2, 0.25) is 5.02 Å². The minimum Gasteiger partial charge on any atom is -0.383 e. The number of nitrogen functional groups attached to an aromatic ring is 1. The van der Waals surface area contributed by atoms with E-state index in [9.17, 15) is 9.59 Å². The minimum absolute atomic E-state index is 0.302. The van der Waals surface area contributed by atoms with Crippen LogP contribution in [0.4, 0.5) is 11.6 Å².